The Balaban J connectivity index is 2.02. The van der Waals surface area contributed by atoms with Crippen LogP contribution in [0.2, 0.25) is 0 Å². The maximum atomic E-state index is 8.37. The highest BCUT2D eigenvalue weighted by molar-refractivity contribution is 5.79. The number of nitrogens with zero attached hydrogens (tertiary/aromatic N) is 1. The van der Waals surface area contributed by atoms with Crippen LogP contribution in [0, 0.1) is 6.92 Å². The van der Waals surface area contributed by atoms with E-state index in [2.05, 4.69) is 41.7 Å². The van der Waals surface area contributed by atoms with Crippen LogP contribution < -0.4 is 11.1 Å². The Morgan fingerprint density at radius 3 is 2.89 bits per heavy atom. The van der Waals surface area contributed by atoms with Crippen LogP contribution in [0.4, 0.5) is 0 Å². The molecule has 0 aliphatic carbocycles. The number of benzene rings is 1. The maximum absolute atomic E-state index is 8.37. The van der Waals surface area contributed by atoms with Crippen molar-refractivity contribution in [3.05, 3.63) is 35.4 Å². The van der Waals surface area contributed by atoms with Crippen molar-refractivity contribution in [2.45, 2.75) is 32.6 Å². The highest BCUT2D eigenvalue weighted by Crippen LogP contribution is 2.03. The average Bonchev–Trinajstić information content (AvgIpc) is 2.37. The number of hydrogen-bond donors (Lipinski definition) is 3. The second kappa shape index (κ2) is 8.53. The Bertz CT molecular complexity index is 377. The van der Waals surface area contributed by atoms with E-state index in [1.165, 1.54) is 11.1 Å². The van der Waals surface area contributed by atoms with E-state index in [9.17, 15) is 0 Å². The van der Waals surface area contributed by atoms with Crippen LogP contribution >= 0.6 is 0 Å². The van der Waals surface area contributed by atoms with Crippen LogP contribution in [0.3, 0.4) is 0 Å². The summed E-state index contributed by atoms with van der Waals surface area (Å²) in [5.41, 5.74) is 8.07. The summed E-state index contributed by atoms with van der Waals surface area (Å²) in [6, 6.07) is 8.60. The van der Waals surface area contributed by atoms with Gasteiger partial charge in [-0.3, -0.25) is 0 Å². The minimum Gasteiger partial charge on any atom is -0.409 e. The lowest BCUT2D eigenvalue weighted by atomic mass is 10.1. The smallest absolute Gasteiger partial charge is 0.139 e. The molecule has 0 fully saturated rings. The van der Waals surface area contributed by atoms with Crippen LogP contribution in [0.5, 0.6) is 0 Å². The molecule has 0 aromatic heterocycles. The maximum Gasteiger partial charge on any atom is 0.139 e. The van der Waals surface area contributed by atoms with Crippen molar-refractivity contribution in [1.82, 2.24) is 5.32 Å². The molecule has 0 atom stereocenters. The van der Waals surface area contributed by atoms with Crippen LogP contribution in [0.25, 0.3) is 0 Å². The lowest BCUT2D eigenvalue weighted by Crippen LogP contribution is -2.19. The van der Waals surface area contributed by atoms with Gasteiger partial charge in [0.2, 0.25) is 0 Å². The fraction of sp³-hybridized carbons (Fsp3) is 0.500. The molecular weight excluding hydrogens is 226 g/mol. The molecule has 0 saturated heterocycles. The zero-order valence-electron chi connectivity index (χ0n) is 11.0. The lowest BCUT2D eigenvalue weighted by molar-refractivity contribution is 0.316. The van der Waals surface area contributed by atoms with Crippen LogP contribution in [0.15, 0.2) is 29.4 Å². The average molecular weight is 249 g/mol. The van der Waals surface area contributed by atoms with E-state index in [0.29, 0.717) is 12.3 Å². The second-order valence-electron chi connectivity index (χ2n) is 4.54. The summed E-state index contributed by atoms with van der Waals surface area (Å²) in [6.07, 6.45) is 3.72. The highest BCUT2D eigenvalue weighted by Gasteiger charge is 1.95. The number of aryl methyl sites for hydroxylation is 1. The van der Waals surface area contributed by atoms with Crippen LogP contribution in [-0.2, 0) is 6.42 Å². The fourth-order valence-corrected chi connectivity index (χ4v) is 1.83. The van der Waals surface area contributed by atoms with E-state index in [4.69, 9.17) is 10.9 Å². The van der Waals surface area contributed by atoms with Gasteiger partial charge >= 0.3 is 0 Å². The number of amidine groups is 1. The molecule has 4 N–H and O–H groups in total. The first kappa shape index (κ1) is 14.5. The molecule has 0 spiro atoms. The lowest BCUT2D eigenvalue weighted by Gasteiger charge is -2.05. The number of rotatable bonds is 8. The molecule has 0 radical (unpaired) electrons. The monoisotopic (exact) mass is 249 g/mol. The normalized spacial score (nSPS) is 11.7. The van der Waals surface area contributed by atoms with Crippen molar-refractivity contribution in [3.63, 3.8) is 0 Å². The quantitative estimate of drug-likeness (QED) is 0.217. The molecule has 0 bridgehead atoms. The molecule has 0 saturated carbocycles. The molecule has 18 heavy (non-hydrogen) atoms. The van der Waals surface area contributed by atoms with Gasteiger partial charge in [0.05, 0.1) is 0 Å². The molecule has 100 valence electrons. The van der Waals surface area contributed by atoms with E-state index < -0.39 is 0 Å². The van der Waals surface area contributed by atoms with Crippen molar-refractivity contribution in [1.29, 1.82) is 0 Å². The standard InChI is InChI=1S/C14H23N3O/c1-12-5-4-6-13(11-12)8-10-16-9-3-2-7-14(15)17-18/h4-6,11,16,18H,2-3,7-10H2,1H3,(H2,15,17). The predicted octanol–water partition coefficient (Wildman–Crippen LogP) is 2.04. The summed E-state index contributed by atoms with van der Waals surface area (Å²) >= 11 is 0. The molecule has 0 aliphatic rings. The van der Waals surface area contributed by atoms with E-state index in [-0.39, 0.29) is 0 Å². The SMILES string of the molecule is Cc1cccc(CCNCCCCC(N)=NO)c1. The van der Waals surface area contributed by atoms with Crippen molar-refractivity contribution >= 4 is 5.84 Å². The predicted molar refractivity (Wildman–Crippen MR) is 75.0 cm³/mol. The third-order valence-corrected chi connectivity index (χ3v) is 2.84. The first-order chi connectivity index (χ1) is 8.72. The molecular formula is C14H23N3O. The fourth-order valence-electron chi connectivity index (χ4n) is 1.83. The largest absolute Gasteiger partial charge is 0.409 e. The Morgan fingerprint density at radius 1 is 1.33 bits per heavy atom. The van der Waals surface area contributed by atoms with Crippen LogP contribution in [0.1, 0.15) is 30.4 Å². The van der Waals surface area contributed by atoms with E-state index in [1.54, 1.807) is 0 Å². The van der Waals surface area contributed by atoms with E-state index >= 15 is 0 Å². The van der Waals surface area contributed by atoms with Gasteiger partial charge in [-0.25, -0.2) is 0 Å². The Labute approximate surface area is 109 Å². The van der Waals surface area contributed by atoms with Gasteiger partial charge in [0.1, 0.15) is 5.84 Å². The summed E-state index contributed by atoms with van der Waals surface area (Å²) in [5.74, 6) is 0.315. The van der Waals surface area contributed by atoms with Crippen LogP contribution in [-0.4, -0.2) is 24.1 Å². The molecule has 1 aromatic carbocycles. The van der Waals surface area contributed by atoms with E-state index in [0.717, 1.165) is 32.4 Å². The number of oxime groups is 1. The van der Waals surface area contributed by atoms with Gasteiger partial charge in [0, 0.05) is 6.42 Å². The van der Waals surface area contributed by atoms with Gasteiger partial charge in [-0.15, -0.1) is 0 Å². The zero-order chi connectivity index (χ0) is 13.2. The molecule has 0 aliphatic heterocycles. The van der Waals surface area contributed by atoms with Gasteiger partial charge in [-0.2, -0.15) is 0 Å². The number of nitrogens with two attached hydrogens (primary N) is 1. The first-order valence-electron chi connectivity index (χ1n) is 6.45. The third-order valence-electron chi connectivity index (χ3n) is 2.84. The third kappa shape index (κ3) is 6.25. The number of unbranched alkanes of at least 4 members (excludes halogenated alkanes) is 1. The molecule has 4 heteroatoms. The van der Waals surface area contributed by atoms with Crippen molar-refractivity contribution in [3.8, 4) is 0 Å². The zero-order valence-corrected chi connectivity index (χ0v) is 11.0. The second-order valence-corrected chi connectivity index (χ2v) is 4.54. The van der Waals surface area contributed by atoms with Crippen molar-refractivity contribution < 1.29 is 5.21 Å². The topological polar surface area (TPSA) is 70.6 Å². The van der Waals surface area contributed by atoms with Gasteiger partial charge in [0.25, 0.3) is 0 Å². The molecule has 1 rings (SSSR count). The summed E-state index contributed by atoms with van der Waals surface area (Å²) in [5, 5.41) is 14.7. The van der Waals surface area contributed by atoms with E-state index in [1.807, 2.05) is 0 Å². The Kier molecular flexibility index (Phi) is 6.87. The summed E-state index contributed by atoms with van der Waals surface area (Å²) in [4.78, 5) is 0. The minimum absolute atomic E-state index is 0.315. The molecule has 0 unspecified atom stereocenters. The molecule has 1 aromatic rings. The van der Waals surface area contributed by atoms with Gasteiger partial charge in [-0.1, -0.05) is 35.0 Å². The van der Waals surface area contributed by atoms with Gasteiger partial charge in [-0.05, 0) is 44.8 Å². The number of hydrogen-bond acceptors (Lipinski definition) is 3. The molecule has 4 nitrogen and oxygen atoms in total. The van der Waals surface area contributed by atoms with Gasteiger partial charge in [0.15, 0.2) is 0 Å². The summed E-state index contributed by atoms with van der Waals surface area (Å²) in [7, 11) is 0. The highest BCUT2D eigenvalue weighted by atomic mass is 16.4. The first-order valence-corrected chi connectivity index (χ1v) is 6.45. The number of nitrogens with one attached hydrogen (secondary N) is 1. The van der Waals surface area contributed by atoms with Crippen molar-refractivity contribution in [2.75, 3.05) is 13.1 Å². The van der Waals surface area contributed by atoms with Crippen molar-refractivity contribution in [2.24, 2.45) is 10.9 Å². The summed E-state index contributed by atoms with van der Waals surface area (Å²) in [6.45, 7) is 4.08. The minimum atomic E-state index is 0.315. The Morgan fingerprint density at radius 2 is 2.17 bits per heavy atom. The molecule has 0 amide bonds. The summed E-state index contributed by atoms with van der Waals surface area (Å²) < 4.78 is 0. The molecule has 0 heterocycles. The Hall–Kier alpha value is -1.55. The van der Waals surface area contributed by atoms with Gasteiger partial charge < -0.3 is 16.3 Å².